The second-order valence-electron chi connectivity index (χ2n) is 5.16. The Labute approximate surface area is 125 Å². The Morgan fingerprint density at radius 3 is 2.76 bits per heavy atom. The molecule has 1 aromatic rings. The van der Waals surface area contributed by atoms with Crippen LogP contribution in [0.5, 0.6) is 5.75 Å². The number of ether oxygens (including phenoxy) is 2. The first-order valence-electron chi connectivity index (χ1n) is 7.11. The van der Waals surface area contributed by atoms with Crippen molar-refractivity contribution in [1.82, 2.24) is 0 Å². The topological polar surface area (TPSA) is 105 Å². The van der Waals surface area contributed by atoms with Crippen LogP contribution < -0.4 is 15.6 Å². The van der Waals surface area contributed by atoms with Gasteiger partial charge >= 0.3 is 0 Å². The molecule has 1 aliphatic rings. The molecule has 1 unspecified atom stereocenters. The fourth-order valence-corrected chi connectivity index (χ4v) is 3.06. The van der Waals surface area contributed by atoms with E-state index in [2.05, 4.69) is 0 Å². The van der Waals surface area contributed by atoms with E-state index in [0.717, 1.165) is 31.4 Å². The Morgan fingerprint density at radius 1 is 1.33 bits per heavy atom. The maximum absolute atomic E-state index is 11.7. The summed E-state index contributed by atoms with van der Waals surface area (Å²) < 4.78 is 34.6. The van der Waals surface area contributed by atoms with E-state index in [1.807, 2.05) is 0 Å². The third-order valence-electron chi connectivity index (χ3n) is 3.45. The minimum Gasteiger partial charge on any atom is -0.489 e. The molecule has 0 amide bonds. The SMILES string of the molecule is NCCc1ccc(OCC2CCCCO2)c(S(N)(=O)=O)c1. The van der Waals surface area contributed by atoms with Crippen molar-refractivity contribution in [3.63, 3.8) is 0 Å². The number of hydrogen-bond acceptors (Lipinski definition) is 5. The van der Waals surface area contributed by atoms with Gasteiger partial charge in [0.1, 0.15) is 17.3 Å². The van der Waals surface area contributed by atoms with Gasteiger partial charge < -0.3 is 15.2 Å². The van der Waals surface area contributed by atoms with Crippen LogP contribution in [-0.2, 0) is 21.2 Å². The van der Waals surface area contributed by atoms with Gasteiger partial charge in [-0.3, -0.25) is 0 Å². The zero-order valence-electron chi connectivity index (χ0n) is 12.0. The standard InChI is InChI=1S/C14H22N2O4S/c15-7-6-11-4-5-13(14(9-11)21(16,17)18)20-10-12-3-1-2-8-19-12/h4-5,9,12H,1-3,6-8,10,15H2,(H2,16,17,18). The Kier molecular flexibility index (Phi) is 5.58. The molecule has 21 heavy (non-hydrogen) atoms. The van der Waals surface area contributed by atoms with Gasteiger partial charge in [-0.05, 0) is 49.9 Å². The van der Waals surface area contributed by atoms with Crippen LogP contribution in [0.4, 0.5) is 0 Å². The largest absolute Gasteiger partial charge is 0.489 e. The Bertz CT molecular complexity index is 568. The van der Waals surface area contributed by atoms with E-state index in [0.29, 0.717) is 19.6 Å². The molecule has 6 nitrogen and oxygen atoms in total. The lowest BCUT2D eigenvalue weighted by molar-refractivity contribution is -0.0116. The van der Waals surface area contributed by atoms with E-state index >= 15 is 0 Å². The lowest BCUT2D eigenvalue weighted by atomic mass is 10.1. The zero-order chi connectivity index (χ0) is 15.3. The molecule has 0 aromatic heterocycles. The molecule has 0 bridgehead atoms. The number of hydrogen-bond donors (Lipinski definition) is 2. The van der Waals surface area contributed by atoms with E-state index in [1.165, 1.54) is 6.07 Å². The van der Waals surface area contributed by atoms with Crippen LogP contribution in [0.15, 0.2) is 23.1 Å². The van der Waals surface area contributed by atoms with Gasteiger partial charge in [0.05, 0.1) is 6.10 Å². The molecule has 1 aromatic carbocycles. The monoisotopic (exact) mass is 314 g/mol. The first-order chi connectivity index (χ1) is 10.0. The second kappa shape index (κ2) is 7.22. The van der Waals surface area contributed by atoms with Gasteiger partial charge in [-0.1, -0.05) is 6.07 Å². The molecule has 0 spiro atoms. The third-order valence-corrected chi connectivity index (χ3v) is 4.38. The quantitative estimate of drug-likeness (QED) is 0.807. The predicted molar refractivity (Wildman–Crippen MR) is 79.7 cm³/mol. The molecule has 118 valence electrons. The lowest BCUT2D eigenvalue weighted by Gasteiger charge is -2.23. The fourth-order valence-electron chi connectivity index (χ4n) is 2.34. The van der Waals surface area contributed by atoms with Crippen molar-refractivity contribution in [2.45, 2.75) is 36.7 Å². The smallest absolute Gasteiger partial charge is 0.241 e. The average molecular weight is 314 g/mol. The molecule has 1 fully saturated rings. The average Bonchev–Trinajstić information content (AvgIpc) is 2.46. The highest BCUT2D eigenvalue weighted by Gasteiger charge is 2.19. The first kappa shape index (κ1) is 16.2. The summed E-state index contributed by atoms with van der Waals surface area (Å²) in [5.41, 5.74) is 6.31. The molecule has 1 heterocycles. The van der Waals surface area contributed by atoms with E-state index in [4.69, 9.17) is 20.3 Å². The Balaban J connectivity index is 2.13. The number of primary sulfonamides is 1. The minimum absolute atomic E-state index is 0.00394. The van der Waals surface area contributed by atoms with E-state index in [9.17, 15) is 8.42 Å². The van der Waals surface area contributed by atoms with Crippen molar-refractivity contribution >= 4 is 10.0 Å². The first-order valence-corrected chi connectivity index (χ1v) is 8.65. The van der Waals surface area contributed by atoms with Crippen LogP contribution in [0.1, 0.15) is 24.8 Å². The van der Waals surface area contributed by atoms with Crippen molar-refractivity contribution in [2.24, 2.45) is 10.9 Å². The summed E-state index contributed by atoms with van der Waals surface area (Å²) in [7, 11) is -3.83. The van der Waals surface area contributed by atoms with Crippen molar-refractivity contribution in [2.75, 3.05) is 19.8 Å². The van der Waals surface area contributed by atoms with Gasteiger partial charge in [0.2, 0.25) is 10.0 Å². The van der Waals surface area contributed by atoms with Gasteiger partial charge in [-0.15, -0.1) is 0 Å². The maximum Gasteiger partial charge on any atom is 0.241 e. The van der Waals surface area contributed by atoms with Gasteiger partial charge in [0, 0.05) is 6.61 Å². The number of benzene rings is 1. The third kappa shape index (κ3) is 4.67. The summed E-state index contributed by atoms with van der Waals surface area (Å²) in [4.78, 5) is 0.00394. The van der Waals surface area contributed by atoms with E-state index in [1.54, 1.807) is 12.1 Å². The summed E-state index contributed by atoms with van der Waals surface area (Å²) in [6.45, 7) is 1.50. The van der Waals surface area contributed by atoms with Crippen LogP contribution in [-0.4, -0.2) is 34.3 Å². The van der Waals surface area contributed by atoms with Gasteiger partial charge in [-0.2, -0.15) is 0 Å². The van der Waals surface area contributed by atoms with Gasteiger partial charge in [0.25, 0.3) is 0 Å². The number of rotatable bonds is 6. The van der Waals surface area contributed by atoms with Crippen LogP contribution in [0, 0.1) is 0 Å². The summed E-state index contributed by atoms with van der Waals surface area (Å²) >= 11 is 0. The Morgan fingerprint density at radius 2 is 2.14 bits per heavy atom. The molecule has 0 aliphatic carbocycles. The van der Waals surface area contributed by atoms with Crippen molar-refractivity contribution in [3.05, 3.63) is 23.8 Å². The van der Waals surface area contributed by atoms with E-state index < -0.39 is 10.0 Å². The molecule has 1 saturated heterocycles. The predicted octanol–water partition coefficient (Wildman–Crippen LogP) is 0.783. The second-order valence-corrected chi connectivity index (χ2v) is 6.69. The molecular formula is C14H22N2O4S. The molecule has 7 heteroatoms. The highest BCUT2D eigenvalue weighted by molar-refractivity contribution is 7.89. The van der Waals surface area contributed by atoms with Crippen molar-refractivity contribution < 1.29 is 17.9 Å². The van der Waals surface area contributed by atoms with Crippen molar-refractivity contribution in [1.29, 1.82) is 0 Å². The highest BCUT2D eigenvalue weighted by atomic mass is 32.2. The molecule has 0 saturated carbocycles. The fraction of sp³-hybridized carbons (Fsp3) is 0.571. The number of nitrogens with two attached hydrogens (primary N) is 2. The van der Waals surface area contributed by atoms with Crippen LogP contribution in [0.2, 0.25) is 0 Å². The summed E-state index contributed by atoms with van der Waals surface area (Å²) in [5.74, 6) is 0.271. The number of sulfonamides is 1. The van der Waals surface area contributed by atoms with Crippen LogP contribution >= 0.6 is 0 Å². The zero-order valence-corrected chi connectivity index (χ0v) is 12.8. The summed E-state index contributed by atoms with van der Waals surface area (Å²) in [6.07, 6.45) is 3.69. The molecule has 4 N–H and O–H groups in total. The molecule has 1 aliphatic heterocycles. The molecule has 1 atom stereocenters. The summed E-state index contributed by atoms with van der Waals surface area (Å²) in [5, 5.41) is 5.26. The minimum atomic E-state index is -3.83. The van der Waals surface area contributed by atoms with Crippen LogP contribution in [0.3, 0.4) is 0 Å². The molecule has 0 radical (unpaired) electrons. The maximum atomic E-state index is 11.7. The van der Waals surface area contributed by atoms with Crippen molar-refractivity contribution in [3.8, 4) is 5.75 Å². The van der Waals surface area contributed by atoms with Crippen LogP contribution in [0.25, 0.3) is 0 Å². The molecular weight excluding hydrogens is 292 g/mol. The van der Waals surface area contributed by atoms with Gasteiger partial charge in [0.15, 0.2) is 0 Å². The lowest BCUT2D eigenvalue weighted by Crippen LogP contribution is -2.26. The summed E-state index contributed by atoms with van der Waals surface area (Å²) in [6, 6.07) is 4.96. The van der Waals surface area contributed by atoms with E-state index in [-0.39, 0.29) is 16.7 Å². The molecule has 2 rings (SSSR count). The van der Waals surface area contributed by atoms with Gasteiger partial charge in [-0.25, -0.2) is 13.6 Å². The normalized spacial score (nSPS) is 19.4. The highest BCUT2D eigenvalue weighted by Crippen LogP contribution is 2.25. The Hall–Kier alpha value is -1.15.